The number of hydrogen-bond donors (Lipinski definition) is 1. The lowest BCUT2D eigenvalue weighted by molar-refractivity contribution is 0.459. The van der Waals surface area contributed by atoms with Crippen LogP contribution < -0.4 is 10.1 Å². The minimum atomic E-state index is 0.635. The van der Waals surface area contributed by atoms with Gasteiger partial charge in [0.15, 0.2) is 0 Å². The lowest BCUT2D eigenvalue weighted by atomic mass is 10.2. The normalized spacial score (nSPS) is 10.3. The van der Waals surface area contributed by atoms with Gasteiger partial charge in [0.2, 0.25) is 5.88 Å². The van der Waals surface area contributed by atoms with Gasteiger partial charge in [0.25, 0.3) is 0 Å². The maximum absolute atomic E-state index is 5.74. The van der Waals surface area contributed by atoms with Gasteiger partial charge in [-0.3, -0.25) is 0 Å². The lowest BCUT2D eigenvalue weighted by Gasteiger charge is -2.07. The Kier molecular flexibility index (Phi) is 4.31. The zero-order valence-electron chi connectivity index (χ0n) is 10.8. The van der Waals surface area contributed by atoms with Gasteiger partial charge in [-0.15, -0.1) is 0 Å². The van der Waals surface area contributed by atoms with Crippen molar-refractivity contribution in [3.63, 3.8) is 0 Å². The molecule has 2 aromatic rings. The average Bonchev–Trinajstić information content (AvgIpc) is 2.37. The quantitative estimate of drug-likeness (QED) is 0.873. The molecule has 94 valence electrons. The van der Waals surface area contributed by atoms with Crippen LogP contribution in [0, 0.1) is 6.92 Å². The first-order chi connectivity index (χ1) is 8.78. The number of nitrogens with zero attached hydrogens (tertiary/aromatic N) is 1. The third kappa shape index (κ3) is 3.57. The molecule has 0 radical (unpaired) electrons. The molecule has 0 fully saturated rings. The third-order valence-corrected chi connectivity index (χ3v) is 2.55. The van der Waals surface area contributed by atoms with E-state index < -0.39 is 0 Å². The fourth-order valence-electron chi connectivity index (χ4n) is 1.67. The molecule has 0 spiro atoms. The second-order valence-corrected chi connectivity index (χ2v) is 4.17. The van der Waals surface area contributed by atoms with Gasteiger partial charge in [-0.1, -0.05) is 25.1 Å². The van der Waals surface area contributed by atoms with Crippen molar-refractivity contribution < 1.29 is 4.74 Å². The van der Waals surface area contributed by atoms with Crippen LogP contribution in [0.5, 0.6) is 11.6 Å². The molecule has 0 aliphatic carbocycles. The highest BCUT2D eigenvalue weighted by Gasteiger charge is 2.00. The monoisotopic (exact) mass is 242 g/mol. The Morgan fingerprint density at radius 1 is 1.17 bits per heavy atom. The summed E-state index contributed by atoms with van der Waals surface area (Å²) >= 11 is 0. The van der Waals surface area contributed by atoms with Gasteiger partial charge in [-0.2, -0.15) is 0 Å². The van der Waals surface area contributed by atoms with Crippen molar-refractivity contribution in [3.05, 3.63) is 53.7 Å². The van der Waals surface area contributed by atoms with E-state index in [4.69, 9.17) is 4.74 Å². The van der Waals surface area contributed by atoms with E-state index in [1.54, 1.807) is 0 Å². The molecule has 0 saturated heterocycles. The molecule has 0 atom stereocenters. The van der Waals surface area contributed by atoms with Crippen LogP contribution in [-0.2, 0) is 6.54 Å². The van der Waals surface area contributed by atoms with Gasteiger partial charge in [0, 0.05) is 12.6 Å². The van der Waals surface area contributed by atoms with Crippen molar-refractivity contribution in [1.82, 2.24) is 10.3 Å². The van der Waals surface area contributed by atoms with Crippen LogP contribution in [0.15, 0.2) is 42.5 Å². The summed E-state index contributed by atoms with van der Waals surface area (Å²) in [5.74, 6) is 1.46. The predicted octanol–water partition coefficient (Wildman–Crippen LogP) is 3.29. The Balaban J connectivity index is 2.09. The van der Waals surface area contributed by atoms with Gasteiger partial charge in [-0.05, 0) is 37.2 Å². The van der Waals surface area contributed by atoms with Crippen molar-refractivity contribution in [2.45, 2.75) is 20.4 Å². The fourth-order valence-corrected chi connectivity index (χ4v) is 1.67. The number of hydrogen-bond acceptors (Lipinski definition) is 3. The summed E-state index contributed by atoms with van der Waals surface area (Å²) in [5.41, 5.74) is 2.17. The molecule has 2 rings (SSSR count). The summed E-state index contributed by atoms with van der Waals surface area (Å²) in [4.78, 5) is 4.45. The molecule has 0 unspecified atom stereocenters. The molecule has 1 aromatic heterocycles. The molecule has 0 saturated carbocycles. The number of ether oxygens (including phenoxy) is 1. The summed E-state index contributed by atoms with van der Waals surface area (Å²) in [6, 6.07) is 13.8. The van der Waals surface area contributed by atoms with Crippen molar-refractivity contribution in [3.8, 4) is 11.6 Å². The second-order valence-electron chi connectivity index (χ2n) is 4.17. The highest BCUT2D eigenvalue weighted by atomic mass is 16.5. The summed E-state index contributed by atoms with van der Waals surface area (Å²) in [6.07, 6.45) is 0. The third-order valence-electron chi connectivity index (χ3n) is 2.55. The maximum atomic E-state index is 5.74. The van der Waals surface area contributed by atoms with Crippen LogP contribution in [0.2, 0.25) is 0 Å². The van der Waals surface area contributed by atoms with Gasteiger partial charge < -0.3 is 10.1 Å². The topological polar surface area (TPSA) is 34.1 Å². The van der Waals surface area contributed by atoms with E-state index in [9.17, 15) is 0 Å². The Morgan fingerprint density at radius 3 is 2.78 bits per heavy atom. The standard InChI is InChI=1S/C15H18N2O/c1-3-16-11-13-7-5-9-15(17-13)18-14-8-4-6-12(2)10-14/h4-10,16H,3,11H2,1-2H3. The number of aryl methyl sites for hydroxylation is 1. The molecule has 3 heteroatoms. The Morgan fingerprint density at radius 2 is 2.00 bits per heavy atom. The highest BCUT2D eigenvalue weighted by molar-refractivity contribution is 5.31. The molecule has 0 bridgehead atoms. The smallest absolute Gasteiger partial charge is 0.219 e. The number of rotatable bonds is 5. The van der Waals surface area contributed by atoms with Gasteiger partial charge in [-0.25, -0.2) is 4.98 Å². The molecular formula is C15H18N2O. The van der Waals surface area contributed by atoms with E-state index >= 15 is 0 Å². The van der Waals surface area contributed by atoms with E-state index in [0.29, 0.717) is 5.88 Å². The molecule has 0 amide bonds. The second kappa shape index (κ2) is 6.17. The van der Waals surface area contributed by atoms with Gasteiger partial charge >= 0.3 is 0 Å². The summed E-state index contributed by atoms with van der Waals surface area (Å²) < 4.78 is 5.74. The van der Waals surface area contributed by atoms with E-state index in [1.165, 1.54) is 5.56 Å². The van der Waals surface area contributed by atoms with Crippen molar-refractivity contribution in [2.24, 2.45) is 0 Å². The van der Waals surface area contributed by atoms with Crippen LogP contribution in [-0.4, -0.2) is 11.5 Å². The molecule has 3 nitrogen and oxygen atoms in total. The summed E-state index contributed by atoms with van der Waals surface area (Å²) in [5, 5.41) is 3.25. The molecule has 1 N–H and O–H groups in total. The average molecular weight is 242 g/mol. The minimum Gasteiger partial charge on any atom is -0.439 e. The van der Waals surface area contributed by atoms with Crippen LogP contribution in [0.3, 0.4) is 0 Å². The first-order valence-electron chi connectivity index (χ1n) is 6.19. The molecular weight excluding hydrogens is 224 g/mol. The van der Waals surface area contributed by atoms with Crippen LogP contribution in [0.25, 0.3) is 0 Å². The molecule has 0 aliphatic heterocycles. The largest absolute Gasteiger partial charge is 0.439 e. The van der Waals surface area contributed by atoms with Crippen LogP contribution >= 0.6 is 0 Å². The zero-order valence-corrected chi connectivity index (χ0v) is 10.8. The summed E-state index contributed by atoms with van der Waals surface area (Å²) in [6.45, 7) is 5.82. The van der Waals surface area contributed by atoms with Crippen LogP contribution in [0.4, 0.5) is 0 Å². The molecule has 1 heterocycles. The van der Waals surface area contributed by atoms with E-state index in [2.05, 4.69) is 17.2 Å². The van der Waals surface area contributed by atoms with Gasteiger partial charge in [0.1, 0.15) is 5.75 Å². The van der Waals surface area contributed by atoms with E-state index in [1.807, 2.05) is 49.4 Å². The Bertz CT molecular complexity index is 511. The van der Waals surface area contributed by atoms with Crippen molar-refractivity contribution >= 4 is 0 Å². The SMILES string of the molecule is CCNCc1cccc(Oc2cccc(C)c2)n1. The molecule has 0 aliphatic rings. The number of benzene rings is 1. The van der Waals surface area contributed by atoms with Crippen molar-refractivity contribution in [1.29, 1.82) is 0 Å². The maximum Gasteiger partial charge on any atom is 0.219 e. The van der Waals surface area contributed by atoms with E-state index in [-0.39, 0.29) is 0 Å². The Labute approximate surface area is 108 Å². The summed E-state index contributed by atoms with van der Waals surface area (Å²) in [7, 11) is 0. The van der Waals surface area contributed by atoms with Crippen LogP contribution in [0.1, 0.15) is 18.2 Å². The lowest BCUT2D eigenvalue weighted by Crippen LogP contribution is -2.12. The predicted molar refractivity (Wildman–Crippen MR) is 72.9 cm³/mol. The molecule has 1 aromatic carbocycles. The first kappa shape index (κ1) is 12.6. The zero-order chi connectivity index (χ0) is 12.8. The van der Waals surface area contributed by atoms with E-state index in [0.717, 1.165) is 24.5 Å². The minimum absolute atomic E-state index is 0.635. The van der Waals surface area contributed by atoms with Gasteiger partial charge in [0.05, 0.1) is 5.69 Å². The number of aromatic nitrogens is 1. The Hall–Kier alpha value is -1.87. The fraction of sp³-hybridized carbons (Fsp3) is 0.267. The number of nitrogens with one attached hydrogen (secondary N) is 1. The highest BCUT2D eigenvalue weighted by Crippen LogP contribution is 2.20. The number of pyridine rings is 1. The van der Waals surface area contributed by atoms with Crippen molar-refractivity contribution in [2.75, 3.05) is 6.54 Å². The first-order valence-corrected chi connectivity index (χ1v) is 6.19. The molecule has 18 heavy (non-hydrogen) atoms.